The van der Waals surface area contributed by atoms with Gasteiger partial charge in [-0.3, -0.25) is 0 Å². The molecule has 0 heterocycles. The first-order valence-corrected chi connectivity index (χ1v) is 5.44. The summed E-state index contributed by atoms with van der Waals surface area (Å²) < 4.78 is 20.1. The Morgan fingerprint density at radius 1 is 1.32 bits per heavy atom. The number of allylic oxidation sites excluding steroid dienone is 1. The molecule has 0 amide bonds. The second-order valence-electron chi connectivity index (χ2n) is 3.62. The molecule has 0 atom stereocenters. The summed E-state index contributed by atoms with van der Waals surface area (Å²) in [5.74, 6) is -0.0261. The van der Waals surface area contributed by atoms with Gasteiger partial charge in [-0.05, 0) is 25.1 Å². The van der Waals surface area contributed by atoms with E-state index in [-0.39, 0.29) is 24.9 Å². The summed E-state index contributed by atoms with van der Waals surface area (Å²) >= 11 is 0. The fourth-order valence-corrected chi connectivity index (χ4v) is 1.21. The first kappa shape index (κ1) is 14.8. The maximum absolute atomic E-state index is 11.1. The van der Waals surface area contributed by atoms with Crippen molar-refractivity contribution in [3.63, 3.8) is 0 Å². The number of benzene rings is 1. The van der Waals surface area contributed by atoms with Gasteiger partial charge < -0.3 is 24.1 Å². The highest BCUT2D eigenvalue weighted by atomic mass is 16.7. The summed E-state index contributed by atoms with van der Waals surface area (Å²) in [6.07, 6.45) is 0. The van der Waals surface area contributed by atoms with Gasteiger partial charge in [0.15, 0.2) is 6.79 Å². The fraction of sp³-hybridized carbons (Fsp3) is 0.308. The lowest BCUT2D eigenvalue weighted by atomic mass is 10.2. The summed E-state index contributed by atoms with van der Waals surface area (Å²) in [6.45, 7) is 5.17. The summed E-state index contributed by atoms with van der Waals surface area (Å²) in [6, 6.07) is 4.44. The average Bonchev–Trinajstić information content (AvgIpc) is 2.36. The number of carboxylic acids is 1. The topological polar surface area (TPSA) is 74.2 Å². The Bertz CT molecular complexity index is 454. The quantitative estimate of drug-likeness (QED) is 0.575. The van der Waals surface area contributed by atoms with Crippen LogP contribution in [0.2, 0.25) is 0 Å². The van der Waals surface area contributed by atoms with Gasteiger partial charge in [-0.25, -0.2) is 4.79 Å². The van der Waals surface area contributed by atoms with Crippen LogP contribution in [0.5, 0.6) is 11.5 Å². The van der Waals surface area contributed by atoms with Crippen LogP contribution < -0.4 is 9.47 Å². The van der Waals surface area contributed by atoms with E-state index in [1.807, 2.05) is 0 Å². The fourth-order valence-electron chi connectivity index (χ4n) is 1.21. The van der Waals surface area contributed by atoms with E-state index in [0.717, 1.165) is 0 Å². The second-order valence-corrected chi connectivity index (χ2v) is 3.62. The van der Waals surface area contributed by atoms with Gasteiger partial charge >= 0.3 is 5.97 Å². The minimum atomic E-state index is -1.11. The highest BCUT2D eigenvalue weighted by Crippen LogP contribution is 2.24. The normalized spacial score (nSPS) is 9.79. The van der Waals surface area contributed by atoms with Crippen molar-refractivity contribution in [1.29, 1.82) is 0 Å². The third-order valence-corrected chi connectivity index (χ3v) is 2.04. The molecule has 0 radical (unpaired) electrons. The lowest BCUT2D eigenvalue weighted by Crippen LogP contribution is -2.07. The Hall–Kier alpha value is -2.21. The number of hydrogen-bond acceptors (Lipinski definition) is 5. The van der Waals surface area contributed by atoms with Gasteiger partial charge in [0.25, 0.3) is 0 Å². The number of aromatic carboxylic acids is 1. The standard InChI is InChI=1S/C13H16O6/c1-9(2)17-8-18-10-4-5-12(19-7-16-3)11(6-10)13(14)15/h4-6H,1,7-8H2,2-3H3,(H,14,15). The van der Waals surface area contributed by atoms with E-state index in [2.05, 4.69) is 6.58 Å². The van der Waals surface area contributed by atoms with Gasteiger partial charge in [-0.2, -0.15) is 0 Å². The van der Waals surface area contributed by atoms with Crippen molar-refractivity contribution >= 4 is 5.97 Å². The van der Waals surface area contributed by atoms with Crippen LogP contribution in [0.1, 0.15) is 17.3 Å². The van der Waals surface area contributed by atoms with Crippen molar-refractivity contribution in [2.24, 2.45) is 0 Å². The number of methoxy groups -OCH3 is 1. The molecule has 1 rings (SSSR count). The smallest absolute Gasteiger partial charge is 0.339 e. The molecule has 0 unspecified atom stereocenters. The molecule has 1 aromatic carbocycles. The Morgan fingerprint density at radius 3 is 2.63 bits per heavy atom. The van der Waals surface area contributed by atoms with Crippen molar-refractivity contribution in [2.75, 3.05) is 20.7 Å². The highest BCUT2D eigenvalue weighted by Gasteiger charge is 2.13. The van der Waals surface area contributed by atoms with Crippen molar-refractivity contribution in [3.8, 4) is 11.5 Å². The summed E-state index contributed by atoms with van der Waals surface area (Å²) in [7, 11) is 1.45. The van der Waals surface area contributed by atoms with Crippen molar-refractivity contribution in [2.45, 2.75) is 6.92 Å². The molecule has 0 aliphatic heterocycles. The number of rotatable bonds is 8. The van der Waals surface area contributed by atoms with Crippen LogP contribution >= 0.6 is 0 Å². The van der Waals surface area contributed by atoms with Gasteiger partial charge in [0.05, 0.1) is 5.76 Å². The number of carboxylic acid groups (broad SMARTS) is 1. The van der Waals surface area contributed by atoms with Crippen molar-refractivity contribution in [1.82, 2.24) is 0 Å². The lowest BCUT2D eigenvalue weighted by molar-refractivity contribution is 0.0474. The van der Waals surface area contributed by atoms with Gasteiger partial charge in [0.1, 0.15) is 17.1 Å². The molecule has 0 aliphatic rings. The van der Waals surface area contributed by atoms with Gasteiger partial charge in [-0.1, -0.05) is 6.58 Å². The van der Waals surface area contributed by atoms with Crippen LogP contribution in [0.15, 0.2) is 30.5 Å². The predicted molar refractivity (Wildman–Crippen MR) is 67.3 cm³/mol. The van der Waals surface area contributed by atoms with E-state index in [1.54, 1.807) is 13.0 Å². The molecule has 104 valence electrons. The molecule has 19 heavy (non-hydrogen) atoms. The summed E-state index contributed by atoms with van der Waals surface area (Å²) in [5, 5.41) is 9.08. The predicted octanol–water partition coefficient (Wildman–Crippen LogP) is 2.25. The first-order valence-electron chi connectivity index (χ1n) is 5.44. The van der Waals surface area contributed by atoms with Gasteiger partial charge in [0, 0.05) is 7.11 Å². The Balaban J connectivity index is 2.77. The third-order valence-electron chi connectivity index (χ3n) is 2.04. The Kier molecular flexibility index (Phi) is 5.69. The van der Waals surface area contributed by atoms with Crippen LogP contribution in [0.4, 0.5) is 0 Å². The van der Waals surface area contributed by atoms with E-state index in [9.17, 15) is 4.79 Å². The average molecular weight is 268 g/mol. The SMILES string of the molecule is C=C(C)OCOc1ccc(OCOC)c(C(=O)O)c1. The second kappa shape index (κ2) is 7.27. The number of hydrogen-bond donors (Lipinski definition) is 1. The molecule has 6 nitrogen and oxygen atoms in total. The maximum atomic E-state index is 11.1. The largest absolute Gasteiger partial charge is 0.478 e. The van der Waals surface area contributed by atoms with E-state index < -0.39 is 5.97 Å². The molecule has 1 aromatic rings. The van der Waals surface area contributed by atoms with E-state index >= 15 is 0 Å². The highest BCUT2D eigenvalue weighted by molar-refractivity contribution is 5.91. The molecule has 1 N–H and O–H groups in total. The maximum Gasteiger partial charge on any atom is 0.339 e. The minimum absolute atomic E-state index is 0.00937. The monoisotopic (exact) mass is 268 g/mol. The minimum Gasteiger partial charge on any atom is -0.478 e. The van der Waals surface area contributed by atoms with Gasteiger partial charge in [0.2, 0.25) is 6.79 Å². The lowest BCUT2D eigenvalue weighted by Gasteiger charge is -2.11. The number of ether oxygens (including phenoxy) is 4. The molecule has 0 fully saturated rings. The zero-order valence-electron chi connectivity index (χ0n) is 10.8. The molecule has 0 aromatic heterocycles. The molecule has 0 saturated heterocycles. The first-order chi connectivity index (χ1) is 9.04. The van der Waals surface area contributed by atoms with Crippen LogP contribution in [0.25, 0.3) is 0 Å². The summed E-state index contributed by atoms with van der Waals surface area (Å²) in [5.41, 5.74) is -0.00937. The van der Waals surface area contributed by atoms with Gasteiger partial charge in [-0.15, -0.1) is 0 Å². The van der Waals surface area contributed by atoms with E-state index in [1.165, 1.54) is 19.2 Å². The number of carbonyl (C=O) groups is 1. The third kappa shape index (κ3) is 4.89. The van der Waals surface area contributed by atoms with Crippen LogP contribution in [-0.4, -0.2) is 31.8 Å². The summed E-state index contributed by atoms with van der Waals surface area (Å²) in [4.78, 5) is 11.1. The molecular formula is C13H16O6. The van der Waals surface area contributed by atoms with Crippen LogP contribution in [0.3, 0.4) is 0 Å². The van der Waals surface area contributed by atoms with Crippen LogP contribution in [-0.2, 0) is 9.47 Å². The van der Waals surface area contributed by atoms with E-state index in [4.69, 9.17) is 24.1 Å². The zero-order chi connectivity index (χ0) is 14.3. The zero-order valence-corrected chi connectivity index (χ0v) is 10.8. The van der Waals surface area contributed by atoms with Crippen LogP contribution in [0, 0.1) is 0 Å². The molecule has 0 bridgehead atoms. The molecule has 6 heteroatoms. The molecule has 0 spiro atoms. The Labute approximate surface area is 111 Å². The molecular weight excluding hydrogens is 252 g/mol. The molecule has 0 aliphatic carbocycles. The molecule has 0 saturated carbocycles. The van der Waals surface area contributed by atoms with Crippen molar-refractivity contribution < 1.29 is 28.8 Å². The van der Waals surface area contributed by atoms with E-state index in [0.29, 0.717) is 11.5 Å². The van der Waals surface area contributed by atoms with Crippen molar-refractivity contribution in [3.05, 3.63) is 36.1 Å². The Morgan fingerprint density at radius 2 is 2.05 bits per heavy atom.